The van der Waals surface area contributed by atoms with Crippen molar-refractivity contribution in [3.8, 4) is 11.8 Å². The zero-order chi connectivity index (χ0) is 13.1. The Balaban J connectivity index is 3.84. The minimum Gasteiger partial charge on any atom is -0.449 e. The summed E-state index contributed by atoms with van der Waals surface area (Å²) in [5.41, 5.74) is 0. The van der Waals surface area contributed by atoms with Crippen molar-refractivity contribution in [2.45, 2.75) is 58.7 Å². The third-order valence-electron chi connectivity index (χ3n) is 2.05. The molecule has 0 saturated heterocycles. The van der Waals surface area contributed by atoms with E-state index in [4.69, 9.17) is 9.84 Å². The van der Waals surface area contributed by atoms with Crippen LogP contribution in [0.25, 0.3) is 0 Å². The van der Waals surface area contributed by atoms with E-state index in [-0.39, 0.29) is 6.10 Å². The van der Waals surface area contributed by atoms with Gasteiger partial charge >= 0.3 is 5.97 Å². The summed E-state index contributed by atoms with van der Waals surface area (Å²) in [5.74, 6) is 4.73. The molecule has 2 atom stereocenters. The average Bonchev–Trinajstić information content (AvgIpc) is 2.26. The lowest BCUT2D eigenvalue weighted by Gasteiger charge is -2.05. The van der Waals surface area contributed by atoms with Crippen LogP contribution in [-0.2, 0) is 9.53 Å². The van der Waals surface area contributed by atoms with Crippen molar-refractivity contribution in [2.24, 2.45) is 0 Å². The van der Waals surface area contributed by atoms with Crippen LogP contribution in [-0.4, -0.2) is 23.3 Å². The van der Waals surface area contributed by atoms with Crippen LogP contribution in [0.4, 0.5) is 0 Å². The van der Waals surface area contributed by atoms with Gasteiger partial charge in [-0.1, -0.05) is 31.8 Å². The summed E-state index contributed by atoms with van der Waals surface area (Å²) in [6, 6.07) is 0. The second-order valence-electron chi connectivity index (χ2n) is 3.99. The van der Waals surface area contributed by atoms with Gasteiger partial charge in [-0.3, -0.25) is 0 Å². The molecular weight excluding hydrogens is 216 g/mol. The van der Waals surface area contributed by atoms with Gasteiger partial charge in [0.05, 0.1) is 6.10 Å². The summed E-state index contributed by atoms with van der Waals surface area (Å²) < 4.78 is 5.00. The summed E-state index contributed by atoms with van der Waals surface area (Å²) in [5, 5.41) is 9.00. The normalized spacial score (nSPS) is 13.9. The van der Waals surface area contributed by atoms with Crippen molar-refractivity contribution in [1.82, 2.24) is 0 Å². The van der Waals surface area contributed by atoms with Crippen molar-refractivity contribution >= 4 is 5.97 Å². The molecule has 0 spiro atoms. The van der Waals surface area contributed by atoms with Crippen LogP contribution in [0.1, 0.15) is 46.5 Å². The first-order valence-electron chi connectivity index (χ1n) is 6.12. The lowest BCUT2D eigenvalue weighted by molar-refractivity contribution is -0.139. The SMILES string of the molecule is CCCCCC#CC(=O)O[C@@H](C)C=C[C@H](C)O. The predicted molar refractivity (Wildman–Crippen MR) is 68.3 cm³/mol. The molecule has 1 N–H and O–H groups in total. The molecular formula is C14H22O3. The Kier molecular flexibility index (Phi) is 9.18. The first-order valence-corrected chi connectivity index (χ1v) is 6.12. The van der Waals surface area contributed by atoms with Crippen molar-refractivity contribution in [3.63, 3.8) is 0 Å². The van der Waals surface area contributed by atoms with Gasteiger partial charge in [-0.25, -0.2) is 4.79 Å². The molecule has 0 aromatic carbocycles. The van der Waals surface area contributed by atoms with E-state index in [2.05, 4.69) is 18.8 Å². The van der Waals surface area contributed by atoms with E-state index in [0.717, 1.165) is 25.7 Å². The molecule has 0 rings (SSSR count). The Morgan fingerprint density at radius 2 is 2.06 bits per heavy atom. The van der Waals surface area contributed by atoms with Crippen LogP contribution in [0, 0.1) is 11.8 Å². The first kappa shape index (κ1) is 15.7. The predicted octanol–water partition coefficient (Wildman–Crippen LogP) is 2.44. The topological polar surface area (TPSA) is 46.5 Å². The summed E-state index contributed by atoms with van der Waals surface area (Å²) in [7, 11) is 0. The summed E-state index contributed by atoms with van der Waals surface area (Å²) in [6.45, 7) is 5.49. The highest BCUT2D eigenvalue weighted by Crippen LogP contribution is 1.98. The number of aliphatic hydroxyl groups excluding tert-OH is 1. The second-order valence-corrected chi connectivity index (χ2v) is 3.99. The maximum atomic E-state index is 11.2. The fraction of sp³-hybridized carbons (Fsp3) is 0.643. The Bertz CT molecular complexity index is 294. The van der Waals surface area contributed by atoms with Gasteiger partial charge in [0.25, 0.3) is 0 Å². The van der Waals surface area contributed by atoms with Gasteiger partial charge in [-0.2, -0.15) is 0 Å². The average molecular weight is 238 g/mol. The van der Waals surface area contributed by atoms with Crippen LogP contribution in [0.3, 0.4) is 0 Å². The number of hydrogen-bond acceptors (Lipinski definition) is 3. The van der Waals surface area contributed by atoms with Gasteiger partial charge in [0.2, 0.25) is 0 Å². The van der Waals surface area contributed by atoms with E-state index in [1.165, 1.54) is 0 Å². The molecule has 0 heterocycles. The van der Waals surface area contributed by atoms with Crippen LogP contribution in [0.5, 0.6) is 0 Å². The van der Waals surface area contributed by atoms with E-state index >= 15 is 0 Å². The highest BCUT2D eigenvalue weighted by Gasteiger charge is 2.02. The monoisotopic (exact) mass is 238 g/mol. The summed E-state index contributed by atoms with van der Waals surface area (Å²) >= 11 is 0. The fourth-order valence-electron chi connectivity index (χ4n) is 1.15. The molecule has 0 bridgehead atoms. The molecule has 3 heteroatoms. The van der Waals surface area contributed by atoms with Gasteiger partial charge in [0, 0.05) is 12.3 Å². The molecule has 0 radical (unpaired) electrons. The third kappa shape index (κ3) is 11.0. The summed E-state index contributed by atoms with van der Waals surface area (Å²) in [6.07, 6.45) is 6.37. The van der Waals surface area contributed by atoms with Gasteiger partial charge < -0.3 is 9.84 Å². The molecule has 0 fully saturated rings. The molecule has 96 valence electrons. The third-order valence-corrected chi connectivity index (χ3v) is 2.05. The van der Waals surface area contributed by atoms with Crippen molar-refractivity contribution in [3.05, 3.63) is 12.2 Å². The zero-order valence-corrected chi connectivity index (χ0v) is 10.9. The maximum absolute atomic E-state index is 11.2. The van der Waals surface area contributed by atoms with Crippen molar-refractivity contribution < 1.29 is 14.6 Å². The molecule has 0 unspecified atom stereocenters. The number of carbonyl (C=O) groups excluding carboxylic acids is 1. The number of rotatable bonds is 6. The molecule has 0 saturated carbocycles. The Labute approximate surface area is 104 Å². The standard InChI is InChI=1S/C14H22O3/c1-4-5-6-7-8-9-14(16)17-13(3)11-10-12(2)15/h10-13,15H,4-7H2,1-3H3/t12-,13-/m0/s1. The molecule has 3 nitrogen and oxygen atoms in total. The van der Waals surface area contributed by atoms with Crippen LogP contribution < -0.4 is 0 Å². The number of ether oxygens (including phenoxy) is 1. The van der Waals surface area contributed by atoms with Gasteiger partial charge in [0.1, 0.15) is 6.10 Å². The molecule has 0 amide bonds. The highest BCUT2D eigenvalue weighted by molar-refractivity contribution is 5.88. The Hall–Kier alpha value is -1.27. The van der Waals surface area contributed by atoms with Crippen LogP contribution in [0.2, 0.25) is 0 Å². The van der Waals surface area contributed by atoms with Gasteiger partial charge in [-0.15, -0.1) is 0 Å². The molecule has 0 aliphatic carbocycles. The molecule has 0 aromatic rings. The zero-order valence-electron chi connectivity index (χ0n) is 10.9. The number of hydrogen-bond donors (Lipinski definition) is 1. The quantitative estimate of drug-likeness (QED) is 0.254. The molecule has 0 aliphatic heterocycles. The number of aliphatic hydroxyl groups is 1. The first-order chi connectivity index (χ1) is 8.06. The minimum absolute atomic E-state index is 0.359. The Morgan fingerprint density at radius 3 is 2.65 bits per heavy atom. The Morgan fingerprint density at radius 1 is 1.35 bits per heavy atom. The van der Waals surface area contributed by atoms with Gasteiger partial charge in [0.15, 0.2) is 0 Å². The molecule has 17 heavy (non-hydrogen) atoms. The molecule has 0 aliphatic rings. The van der Waals surface area contributed by atoms with Crippen LogP contribution >= 0.6 is 0 Å². The van der Waals surface area contributed by atoms with Crippen molar-refractivity contribution in [2.75, 3.05) is 0 Å². The van der Waals surface area contributed by atoms with E-state index < -0.39 is 12.1 Å². The smallest absolute Gasteiger partial charge is 0.384 e. The maximum Gasteiger partial charge on any atom is 0.384 e. The van der Waals surface area contributed by atoms with Crippen LogP contribution in [0.15, 0.2) is 12.2 Å². The fourth-order valence-corrected chi connectivity index (χ4v) is 1.15. The number of carbonyl (C=O) groups is 1. The van der Waals surface area contributed by atoms with E-state index in [1.807, 2.05) is 0 Å². The largest absolute Gasteiger partial charge is 0.449 e. The van der Waals surface area contributed by atoms with Crippen molar-refractivity contribution in [1.29, 1.82) is 0 Å². The van der Waals surface area contributed by atoms with Gasteiger partial charge in [-0.05, 0) is 26.3 Å². The number of esters is 1. The number of unbranched alkanes of at least 4 members (excludes halogenated alkanes) is 3. The van der Waals surface area contributed by atoms with E-state index in [9.17, 15) is 4.79 Å². The molecule has 0 aromatic heterocycles. The lowest BCUT2D eigenvalue weighted by Crippen LogP contribution is -2.11. The van der Waals surface area contributed by atoms with E-state index in [0.29, 0.717) is 0 Å². The lowest BCUT2D eigenvalue weighted by atomic mass is 10.2. The summed E-state index contributed by atoms with van der Waals surface area (Å²) in [4.78, 5) is 11.2. The van der Waals surface area contributed by atoms with E-state index in [1.54, 1.807) is 26.0 Å². The highest BCUT2D eigenvalue weighted by atomic mass is 16.5. The second kappa shape index (κ2) is 9.92. The minimum atomic E-state index is -0.531.